The summed E-state index contributed by atoms with van der Waals surface area (Å²) in [6, 6.07) is 7.97. The number of hydrogen-bond donors (Lipinski definition) is 0. The summed E-state index contributed by atoms with van der Waals surface area (Å²) in [5.41, 5.74) is 1.68. The lowest BCUT2D eigenvalue weighted by Gasteiger charge is -2.33. The predicted molar refractivity (Wildman–Crippen MR) is 105 cm³/mol. The molecule has 1 heterocycles. The Kier molecular flexibility index (Phi) is 7.11. The zero-order valence-corrected chi connectivity index (χ0v) is 17.2. The topological polar surface area (TPSA) is 59.1 Å². The van der Waals surface area contributed by atoms with Crippen molar-refractivity contribution in [3.63, 3.8) is 0 Å². The number of ether oxygens (including phenoxy) is 2. The number of rotatable bonds is 4. The first-order chi connectivity index (χ1) is 12.6. The smallest absolute Gasteiger partial charge is 0.410 e. The first kappa shape index (κ1) is 21.1. The van der Waals surface area contributed by atoms with E-state index in [1.165, 1.54) is 5.56 Å². The van der Waals surface area contributed by atoms with Gasteiger partial charge >= 0.3 is 12.2 Å². The molecule has 1 aromatic carbocycles. The number of hydrogen-bond acceptors (Lipinski definition) is 4. The maximum atomic E-state index is 12.3. The summed E-state index contributed by atoms with van der Waals surface area (Å²) in [5.74, 6) is 0.365. The summed E-state index contributed by atoms with van der Waals surface area (Å²) in [5, 5.41) is 0. The van der Waals surface area contributed by atoms with Crippen molar-refractivity contribution >= 4 is 12.2 Å². The maximum Gasteiger partial charge on any atom is 0.410 e. The molecule has 0 aliphatic carbocycles. The highest BCUT2D eigenvalue weighted by atomic mass is 16.6. The second kappa shape index (κ2) is 9.11. The lowest BCUT2D eigenvalue weighted by molar-refractivity contribution is 0.0243. The minimum absolute atomic E-state index is 0.269. The molecule has 0 saturated carbocycles. The second-order valence-electron chi connectivity index (χ2n) is 8.33. The van der Waals surface area contributed by atoms with E-state index in [2.05, 4.69) is 0 Å². The van der Waals surface area contributed by atoms with Crippen molar-refractivity contribution in [3.8, 4) is 0 Å². The van der Waals surface area contributed by atoms with Gasteiger partial charge in [0.1, 0.15) is 12.2 Å². The summed E-state index contributed by atoms with van der Waals surface area (Å²) in [6.07, 6.45) is 1.14. The molecule has 0 unspecified atom stereocenters. The molecule has 27 heavy (non-hydrogen) atoms. The van der Waals surface area contributed by atoms with Crippen LogP contribution in [0, 0.1) is 12.8 Å². The average molecular weight is 376 g/mol. The number of carbonyl (C=O) groups excluding carboxylic acids is 2. The number of likely N-dealkylation sites (tertiary alicyclic amines) is 1. The van der Waals surface area contributed by atoms with Crippen molar-refractivity contribution < 1.29 is 19.1 Å². The first-order valence-corrected chi connectivity index (χ1v) is 9.55. The SMILES string of the molecule is Cc1ccc(COC(=O)N2CCC(CN(C)C(=O)OC(C)(C)C)CC2)cc1. The van der Waals surface area contributed by atoms with Gasteiger partial charge in [0.15, 0.2) is 0 Å². The van der Waals surface area contributed by atoms with Gasteiger partial charge in [-0.25, -0.2) is 9.59 Å². The third-order valence-electron chi connectivity index (χ3n) is 4.59. The molecular formula is C21H32N2O4. The van der Waals surface area contributed by atoms with Crippen LogP contribution in [0.4, 0.5) is 9.59 Å². The van der Waals surface area contributed by atoms with Crippen LogP contribution >= 0.6 is 0 Å². The number of benzene rings is 1. The van der Waals surface area contributed by atoms with Gasteiger partial charge in [0, 0.05) is 26.7 Å². The minimum Gasteiger partial charge on any atom is -0.445 e. The van der Waals surface area contributed by atoms with E-state index in [-0.39, 0.29) is 12.2 Å². The number of piperidine rings is 1. The molecule has 0 radical (unpaired) electrons. The molecule has 0 atom stereocenters. The molecule has 6 nitrogen and oxygen atoms in total. The molecule has 0 spiro atoms. The average Bonchev–Trinajstić information content (AvgIpc) is 2.60. The quantitative estimate of drug-likeness (QED) is 0.790. The van der Waals surface area contributed by atoms with E-state index in [9.17, 15) is 9.59 Å². The number of amides is 2. The van der Waals surface area contributed by atoms with E-state index in [1.807, 2.05) is 52.0 Å². The molecule has 1 saturated heterocycles. The van der Waals surface area contributed by atoms with Crippen LogP contribution in [-0.2, 0) is 16.1 Å². The molecule has 1 aromatic rings. The number of nitrogens with zero attached hydrogens (tertiary/aromatic N) is 2. The Balaban J connectivity index is 1.71. The van der Waals surface area contributed by atoms with E-state index in [1.54, 1.807) is 16.8 Å². The fraction of sp³-hybridized carbons (Fsp3) is 0.619. The molecule has 1 aliphatic heterocycles. The molecule has 2 amide bonds. The van der Waals surface area contributed by atoms with Crippen LogP contribution < -0.4 is 0 Å². The van der Waals surface area contributed by atoms with Crippen molar-refractivity contribution in [2.75, 3.05) is 26.7 Å². The Hall–Kier alpha value is -2.24. The highest BCUT2D eigenvalue weighted by Gasteiger charge is 2.27. The maximum absolute atomic E-state index is 12.3. The zero-order chi connectivity index (χ0) is 20.0. The first-order valence-electron chi connectivity index (χ1n) is 9.55. The van der Waals surface area contributed by atoms with Crippen LogP contribution in [0.25, 0.3) is 0 Å². The largest absolute Gasteiger partial charge is 0.445 e. The van der Waals surface area contributed by atoms with Crippen LogP contribution in [0.5, 0.6) is 0 Å². The molecule has 1 aliphatic rings. The molecule has 0 N–H and O–H groups in total. The lowest BCUT2D eigenvalue weighted by atomic mass is 9.97. The van der Waals surface area contributed by atoms with Gasteiger partial charge in [-0.05, 0) is 52.0 Å². The van der Waals surface area contributed by atoms with Gasteiger partial charge in [-0.3, -0.25) is 0 Å². The molecule has 6 heteroatoms. The van der Waals surface area contributed by atoms with E-state index in [4.69, 9.17) is 9.47 Å². The fourth-order valence-corrected chi connectivity index (χ4v) is 3.02. The van der Waals surface area contributed by atoms with Gasteiger partial charge in [0.05, 0.1) is 0 Å². The monoisotopic (exact) mass is 376 g/mol. The van der Waals surface area contributed by atoms with E-state index in [0.717, 1.165) is 18.4 Å². The molecule has 2 rings (SSSR count). The van der Waals surface area contributed by atoms with Gasteiger partial charge in [0.2, 0.25) is 0 Å². The second-order valence-corrected chi connectivity index (χ2v) is 8.33. The Bertz CT molecular complexity index is 629. The van der Waals surface area contributed by atoms with Gasteiger partial charge < -0.3 is 19.3 Å². The molecule has 0 aromatic heterocycles. The normalized spacial score (nSPS) is 15.4. The lowest BCUT2D eigenvalue weighted by Crippen LogP contribution is -2.43. The fourth-order valence-electron chi connectivity index (χ4n) is 3.02. The van der Waals surface area contributed by atoms with Crippen LogP contribution in [0.2, 0.25) is 0 Å². The van der Waals surface area contributed by atoms with Crippen LogP contribution in [0.1, 0.15) is 44.7 Å². The van der Waals surface area contributed by atoms with E-state index < -0.39 is 5.60 Å². The molecule has 150 valence electrons. The van der Waals surface area contributed by atoms with Gasteiger partial charge in [-0.2, -0.15) is 0 Å². The summed E-state index contributed by atoms with van der Waals surface area (Å²) in [6.45, 7) is 9.85. The van der Waals surface area contributed by atoms with Gasteiger partial charge in [-0.15, -0.1) is 0 Å². The molecule has 0 bridgehead atoms. The van der Waals surface area contributed by atoms with Crippen LogP contribution in [-0.4, -0.2) is 54.3 Å². The Morgan fingerprint density at radius 3 is 2.30 bits per heavy atom. The Morgan fingerprint density at radius 2 is 1.74 bits per heavy atom. The Morgan fingerprint density at radius 1 is 1.15 bits per heavy atom. The highest BCUT2D eigenvalue weighted by molar-refractivity contribution is 5.68. The zero-order valence-electron chi connectivity index (χ0n) is 17.2. The number of carbonyl (C=O) groups is 2. The molecule has 1 fully saturated rings. The van der Waals surface area contributed by atoms with Crippen molar-refractivity contribution in [1.29, 1.82) is 0 Å². The summed E-state index contributed by atoms with van der Waals surface area (Å²) in [4.78, 5) is 27.7. The third-order valence-corrected chi connectivity index (χ3v) is 4.59. The summed E-state index contributed by atoms with van der Waals surface area (Å²) < 4.78 is 10.8. The van der Waals surface area contributed by atoms with Crippen molar-refractivity contribution in [2.45, 2.75) is 52.7 Å². The number of aryl methyl sites for hydroxylation is 1. The van der Waals surface area contributed by atoms with E-state index >= 15 is 0 Å². The highest BCUT2D eigenvalue weighted by Crippen LogP contribution is 2.20. The summed E-state index contributed by atoms with van der Waals surface area (Å²) >= 11 is 0. The van der Waals surface area contributed by atoms with E-state index in [0.29, 0.717) is 32.2 Å². The van der Waals surface area contributed by atoms with Gasteiger partial charge in [-0.1, -0.05) is 29.8 Å². The minimum atomic E-state index is -0.490. The van der Waals surface area contributed by atoms with Crippen LogP contribution in [0.3, 0.4) is 0 Å². The predicted octanol–water partition coefficient (Wildman–Crippen LogP) is 4.21. The molecular weight excluding hydrogens is 344 g/mol. The van der Waals surface area contributed by atoms with Gasteiger partial charge in [0.25, 0.3) is 0 Å². The van der Waals surface area contributed by atoms with Crippen molar-refractivity contribution in [2.24, 2.45) is 5.92 Å². The van der Waals surface area contributed by atoms with Crippen molar-refractivity contribution in [3.05, 3.63) is 35.4 Å². The standard InChI is InChI=1S/C21H32N2O4/c1-16-6-8-18(9-7-16)15-26-20(25)23-12-10-17(11-13-23)14-22(5)19(24)27-21(2,3)4/h6-9,17H,10-15H2,1-5H3. The van der Waals surface area contributed by atoms with Crippen LogP contribution in [0.15, 0.2) is 24.3 Å². The summed E-state index contributed by atoms with van der Waals surface area (Å²) in [7, 11) is 1.76. The van der Waals surface area contributed by atoms with Crippen molar-refractivity contribution in [1.82, 2.24) is 9.80 Å². The third kappa shape index (κ3) is 7.12. The Labute approximate surface area is 162 Å².